The van der Waals surface area contributed by atoms with Gasteiger partial charge in [0.05, 0.1) is 4.92 Å². The smallest absolute Gasteiger partial charge is 0.414 e. The highest BCUT2D eigenvalue weighted by molar-refractivity contribution is 7.90. The summed E-state index contributed by atoms with van der Waals surface area (Å²) < 4.78 is 47.4. The highest BCUT2D eigenvalue weighted by atomic mass is 32.2. The van der Waals surface area contributed by atoms with E-state index in [0.717, 1.165) is 25.2 Å². The quantitative estimate of drug-likeness (QED) is 0.514. The molecule has 0 saturated heterocycles. The summed E-state index contributed by atoms with van der Waals surface area (Å²) >= 11 is 0. The fraction of sp³-hybridized carbons (Fsp3) is 0.526. The zero-order valence-corrected chi connectivity index (χ0v) is 18.7. The Morgan fingerprint density at radius 1 is 1.41 bits per heavy atom. The van der Waals surface area contributed by atoms with Gasteiger partial charge in [-0.25, -0.2) is 26.9 Å². The average Bonchev–Trinajstić information content (AvgIpc) is 2.66. The van der Waals surface area contributed by atoms with E-state index < -0.39 is 61.3 Å². The Balaban J connectivity index is 2.22. The van der Waals surface area contributed by atoms with Crippen LogP contribution in [0, 0.1) is 15.9 Å². The van der Waals surface area contributed by atoms with Gasteiger partial charge in [-0.2, -0.15) is 0 Å². The molecule has 1 aromatic rings. The lowest BCUT2D eigenvalue weighted by Gasteiger charge is -2.46. The summed E-state index contributed by atoms with van der Waals surface area (Å²) in [6.45, 7) is 4.83. The number of ether oxygens (including phenoxy) is 1. The van der Waals surface area contributed by atoms with Crippen LogP contribution in [0.15, 0.2) is 23.2 Å². The summed E-state index contributed by atoms with van der Waals surface area (Å²) in [4.78, 5) is 39.3. The van der Waals surface area contributed by atoms with Crippen molar-refractivity contribution >= 4 is 33.5 Å². The fourth-order valence-corrected chi connectivity index (χ4v) is 5.74. The summed E-state index contributed by atoms with van der Waals surface area (Å²) in [5, 5.41) is 12.0. The third-order valence-corrected chi connectivity index (χ3v) is 7.53. The Morgan fingerprint density at radius 3 is 2.66 bits per heavy atom. The Kier molecular flexibility index (Phi) is 5.74. The van der Waals surface area contributed by atoms with Crippen molar-refractivity contribution in [2.75, 3.05) is 7.05 Å². The van der Waals surface area contributed by atoms with E-state index in [1.165, 1.54) is 0 Å². The number of benzene rings is 1. The number of fused-ring (bicyclic) bond motifs is 1. The number of non-ortho nitro benzene ring substituents is 1. The molecule has 11 nitrogen and oxygen atoms in total. The summed E-state index contributed by atoms with van der Waals surface area (Å²) in [7, 11) is -3.18. The minimum absolute atomic E-state index is 0.110. The lowest BCUT2D eigenvalue weighted by Crippen LogP contribution is -2.61. The first-order chi connectivity index (χ1) is 14.7. The number of halogens is 1. The summed E-state index contributed by atoms with van der Waals surface area (Å²) in [5.41, 5.74) is -3.52. The van der Waals surface area contributed by atoms with Crippen LogP contribution in [-0.2, 0) is 25.1 Å². The van der Waals surface area contributed by atoms with E-state index in [4.69, 9.17) is 4.74 Å². The number of aliphatic imine (C=N–C) groups is 1. The molecule has 1 N–H and O–H groups in total. The second-order valence-corrected chi connectivity index (χ2v) is 10.8. The number of nitrogens with zero attached hydrogens (tertiary/aromatic N) is 3. The number of sulfonamides is 1. The van der Waals surface area contributed by atoms with Gasteiger partial charge in [-0.1, -0.05) is 0 Å². The standard InChI is InChI=1S/C19H23FN4O7S/c1-18(2,3)31-17(26)21-16-22-19(13-9-11(24(27)28)5-6-14(13)20)8-7-12(25)10-15(19)32(29,30)23(16)4/h5-6,9,15H,7-8,10H2,1-4H3,(H,21,22,26). The van der Waals surface area contributed by atoms with Gasteiger partial charge in [-0.15, -0.1) is 0 Å². The molecular formula is C19H23FN4O7S. The Morgan fingerprint density at radius 2 is 2.06 bits per heavy atom. The van der Waals surface area contributed by atoms with Crippen LogP contribution in [0.5, 0.6) is 0 Å². The molecule has 2 atom stereocenters. The fourth-order valence-electron chi connectivity index (χ4n) is 3.85. The van der Waals surface area contributed by atoms with Gasteiger partial charge in [0.15, 0.2) is 0 Å². The van der Waals surface area contributed by atoms with E-state index in [9.17, 15) is 32.5 Å². The van der Waals surface area contributed by atoms with Crippen molar-refractivity contribution in [1.29, 1.82) is 0 Å². The van der Waals surface area contributed by atoms with E-state index in [-0.39, 0.29) is 24.2 Å². The van der Waals surface area contributed by atoms with Crippen LogP contribution >= 0.6 is 0 Å². The number of amides is 1. The molecule has 2 aliphatic rings. The molecule has 1 amide bonds. The number of carbonyl (C=O) groups excluding carboxylic acids is 2. The van der Waals surface area contributed by atoms with Gasteiger partial charge in [-0.05, 0) is 33.3 Å². The average molecular weight is 470 g/mol. The number of guanidine groups is 1. The maximum Gasteiger partial charge on any atom is 0.414 e. The Bertz CT molecular complexity index is 1130. The normalized spacial score (nSPS) is 24.9. The molecule has 0 radical (unpaired) electrons. The molecular weight excluding hydrogens is 447 g/mol. The number of nitro benzene ring substituents is 1. The van der Waals surface area contributed by atoms with Gasteiger partial charge < -0.3 is 4.74 Å². The molecule has 32 heavy (non-hydrogen) atoms. The van der Waals surface area contributed by atoms with Crippen LogP contribution in [0.4, 0.5) is 14.9 Å². The van der Waals surface area contributed by atoms with Crippen LogP contribution in [0.2, 0.25) is 0 Å². The first kappa shape index (κ1) is 23.6. The molecule has 1 saturated carbocycles. The van der Waals surface area contributed by atoms with E-state index in [0.29, 0.717) is 4.31 Å². The van der Waals surface area contributed by atoms with Crippen LogP contribution < -0.4 is 5.32 Å². The van der Waals surface area contributed by atoms with Crippen LogP contribution in [-0.4, -0.2) is 53.4 Å². The number of nitro groups is 1. The van der Waals surface area contributed by atoms with E-state index in [1.54, 1.807) is 20.8 Å². The molecule has 0 spiro atoms. The zero-order chi connectivity index (χ0) is 24.1. The number of alkyl carbamates (subject to hydrolysis) is 1. The molecule has 1 aliphatic heterocycles. The number of hydrogen-bond donors (Lipinski definition) is 1. The topological polar surface area (TPSA) is 148 Å². The molecule has 13 heteroatoms. The van der Waals surface area contributed by atoms with Gasteiger partial charge in [0.2, 0.25) is 16.0 Å². The second kappa shape index (κ2) is 7.80. The highest BCUT2D eigenvalue weighted by Gasteiger charge is 2.57. The molecule has 0 aromatic heterocycles. The third kappa shape index (κ3) is 4.16. The largest absolute Gasteiger partial charge is 0.444 e. The maximum atomic E-state index is 14.9. The minimum Gasteiger partial charge on any atom is -0.444 e. The van der Waals surface area contributed by atoms with Crippen molar-refractivity contribution in [1.82, 2.24) is 9.62 Å². The summed E-state index contributed by atoms with van der Waals surface area (Å²) in [5.74, 6) is -1.70. The van der Waals surface area contributed by atoms with Crippen molar-refractivity contribution in [3.63, 3.8) is 0 Å². The zero-order valence-electron chi connectivity index (χ0n) is 17.9. The van der Waals surface area contributed by atoms with E-state index >= 15 is 0 Å². The van der Waals surface area contributed by atoms with Crippen molar-refractivity contribution in [2.24, 2.45) is 4.99 Å². The van der Waals surface area contributed by atoms with E-state index in [2.05, 4.69) is 10.3 Å². The van der Waals surface area contributed by atoms with Crippen LogP contribution in [0.1, 0.15) is 45.6 Å². The minimum atomic E-state index is -4.32. The molecule has 2 unspecified atom stereocenters. The Labute approximate surface area is 183 Å². The van der Waals surface area contributed by atoms with Crippen LogP contribution in [0.25, 0.3) is 0 Å². The Hall–Kier alpha value is -3.09. The summed E-state index contributed by atoms with van der Waals surface area (Å²) in [6.07, 6.45) is -1.75. The van der Waals surface area contributed by atoms with Crippen molar-refractivity contribution in [3.8, 4) is 0 Å². The number of ketones is 1. The van der Waals surface area contributed by atoms with Crippen molar-refractivity contribution in [3.05, 3.63) is 39.7 Å². The first-order valence-electron chi connectivity index (χ1n) is 9.71. The lowest BCUT2D eigenvalue weighted by atomic mass is 9.75. The molecule has 1 aliphatic carbocycles. The van der Waals surface area contributed by atoms with Gasteiger partial charge in [0.1, 0.15) is 28.0 Å². The second-order valence-electron chi connectivity index (χ2n) is 8.65. The van der Waals surface area contributed by atoms with Crippen molar-refractivity contribution in [2.45, 2.75) is 56.4 Å². The number of Topliss-reactive ketones (excluding diaryl/α,β-unsaturated/α-hetero) is 1. The van der Waals surface area contributed by atoms with E-state index in [1.807, 2.05) is 0 Å². The lowest BCUT2D eigenvalue weighted by molar-refractivity contribution is -0.385. The van der Waals surface area contributed by atoms with Crippen molar-refractivity contribution < 1.29 is 32.1 Å². The van der Waals surface area contributed by atoms with Gasteiger partial charge >= 0.3 is 6.09 Å². The number of rotatable bonds is 2. The third-order valence-electron chi connectivity index (χ3n) is 5.32. The van der Waals surface area contributed by atoms with Crippen LogP contribution in [0.3, 0.4) is 0 Å². The summed E-state index contributed by atoms with van der Waals surface area (Å²) in [6, 6.07) is 2.73. The van der Waals surface area contributed by atoms with Gasteiger partial charge in [0.25, 0.3) is 5.69 Å². The molecule has 174 valence electrons. The van der Waals surface area contributed by atoms with Gasteiger partial charge in [0, 0.05) is 37.6 Å². The molecule has 1 fully saturated rings. The number of carbonyl (C=O) groups is 2. The SMILES string of the molecule is CN1C(NC(=O)OC(C)(C)C)=NC2(c3cc([N+](=O)[O-])ccc3F)CCC(=O)CC2S1(=O)=O. The molecule has 1 aromatic carbocycles. The molecule has 0 bridgehead atoms. The molecule has 3 rings (SSSR count). The predicted molar refractivity (Wildman–Crippen MR) is 111 cm³/mol. The predicted octanol–water partition coefficient (Wildman–Crippen LogP) is 2.21. The monoisotopic (exact) mass is 470 g/mol. The highest BCUT2D eigenvalue weighted by Crippen LogP contribution is 2.47. The first-order valence-corrected chi connectivity index (χ1v) is 11.2. The number of hydrogen-bond acceptors (Lipinski definition) is 8. The maximum absolute atomic E-state index is 14.9. The van der Waals surface area contributed by atoms with Gasteiger partial charge in [-0.3, -0.25) is 20.2 Å². The number of nitrogens with one attached hydrogen (secondary N) is 1. The molecule has 1 heterocycles.